The fourth-order valence-corrected chi connectivity index (χ4v) is 0.927. The molecule has 0 aromatic rings. The van der Waals surface area contributed by atoms with Crippen molar-refractivity contribution in [2.24, 2.45) is 11.1 Å². The summed E-state index contributed by atoms with van der Waals surface area (Å²) < 4.78 is 0. The predicted octanol–water partition coefficient (Wildman–Crippen LogP) is -0.388. The molecule has 5 nitrogen and oxygen atoms in total. The molecule has 0 bridgehead atoms. The van der Waals surface area contributed by atoms with E-state index in [1.807, 2.05) is 20.8 Å². The fourth-order valence-electron chi connectivity index (χ4n) is 0.927. The third kappa shape index (κ3) is 5.37. The molecule has 0 radical (unpaired) electrons. The van der Waals surface area contributed by atoms with Gasteiger partial charge in [-0.05, 0) is 5.41 Å². The normalized spacial score (nSPS) is 13.1. The van der Waals surface area contributed by atoms with Crippen LogP contribution in [0.4, 0.5) is 0 Å². The number of nitrogens with one attached hydrogen (secondary N) is 2. The van der Waals surface area contributed by atoms with E-state index in [9.17, 15) is 9.59 Å². The van der Waals surface area contributed by atoms with Crippen LogP contribution in [0.15, 0.2) is 0 Å². The van der Waals surface area contributed by atoms with E-state index in [-0.39, 0.29) is 23.7 Å². The molecule has 2 amide bonds. The van der Waals surface area contributed by atoms with Gasteiger partial charge in [-0.15, -0.1) is 0 Å². The molecule has 0 fully saturated rings. The molecule has 15 heavy (non-hydrogen) atoms. The predicted molar refractivity (Wildman–Crippen MR) is 59.1 cm³/mol. The highest BCUT2D eigenvalue weighted by atomic mass is 16.2. The van der Waals surface area contributed by atoms with Crippen LogP contribution in [-0.2, 0) is 9.59 Å². The van der Waals surface area contributed by atoms with E-state index in [1.54, 1.807) is 7.05 Å². The van der Waals surface area contributed by atoms with Gasteiger partial charge in [-0.2, -0.15) is 0 Å². The van der Waals surface area contributed by atoms with Gasteiger partial charge in [-0.1, -0.05) is 20.8 Å². The average molecular weight is 215 g/mol. The van der Waals surface area contributed by atoms with E-state index in [0.717, 1.165) is 0 Å². The molecule has 4 N–H and O–H groups in total. The van der Waals surface area contributed by atoms with Gasteiger partial charge >= 0.3 is 0 Å². The molecule has 0 saturated heterocycles. The van der Waals surface area contributed by atoms with Crippen LogP contribution in [0, 0.1) is 5.41 Å². The van der Waals surface area contributed by atoms with E-state index in [0.29, 0.717) is 6.54 Å². The zero-order valence-corrected chi connectivity index (χ0v) is 9.89. The van der Waals surface area contributed by atoms with Gasteiger partial charge in [-0.3, -0.25) is 9.59 Å². The minimum absolute atomic E-state index is 0.0976. The Kier molecular flexibility index (Phi) is 5.28. The third-order valence-corrected chi connectivity index (χ3v) is 2.15. The first-order valence-corrected chi connectivity index (χ1v) is 5.03. The zero-order chi connectivity index (χ0) is 12.1. The van der Waals surface area contributed by atoms with Crippen LogP contribution in [0.1, 0.15) is 27.2 Å². The summed E-state index contributed by atoms with van der Waals surface area (Å²) in [7, 11) is 1.56. The van der Waals surface area contributed by atoms with Crippen molar-refractivity contribution in [2.75, 3.05) is 13.6 Å². The maximum atomic E-state index is 11.5. The number of nitrogens with two attached hydrogens (primary N) is 1. The average Bonchev–Trinajstić information content (AvgIpc) is 2.14. The van der Waals surface area contributed by atoms with Gasteiger partial charge in [0.25, 0.3) is 0 Å². The van der Waals surface area contributed by atoms with Gasteiger partial charge in [0.05, 0.1) is 6.04 Å². The van der Waals surface area contributed by atoms with E-state index in [4.69, 9.17) is 5.73 Å². The monoisotopic (exact) mass is 215 g/mol. The van der Waals surface area contributed by atoms with Gasteiger partial charge in [-0.25, -0.2) is 0 Å². The molecule has 0 aliphatic rings. The first kappa shape index (κ1) is 13.9. The second-order valence-corrected chi connectivity index (χ2v) is 4.56. The fraction of sp³-hybridized carbons (Fsp3) is 0.800. The number of amides is 2. The van der Waals surface area contributed by atoms with Crippen molar-refractivity contribution < 1.29 is 9.59 Å². The minimum atomic E-state index is -0.554. The minimum Gasteiger partial charge on any atom is -0.359 e. The molecule has 88 valence electrons. The number of carbonyl (C=O) groups is 2. The van der Waals surface area contributed by atoms with Crippen molar-refractivity contribution >= 4 is 11.8 Å². The molecule has 0 aromatic heterocycles. The van der Waals surface area contributed by atoms with Crippen molar-refractivity contribution in [1.29, 1.82) is 0 Å². The lowest BCUT2D eigenvalue weighted by atomic mass is 9.87. The summed E-state index contributed by atoms with van der Waals surface area (Å²) in [5, 5.41) is 5.11. The Balaban J connectivity index is 3.90. The number of rotatable bonds is 4. The zero-order valence-electron chi connectivity index (χ0n) is 9.89. The summed E-state index contributed by atoms with van der Waals surface area (Å²) in [6, 6.07) is -0.554. The maximum Gasteiger partial charge on any atom is 0.237 e. The van der Waals surface area contributed by atoms with Crippen LogP contribution >= 0.6 is 0 Å². The van der Waals surface area contributed by atoms with Gasteiger partial charge < -0.3 is 16.4 Å². The maximum absolute atomic E-state index is 11.5. The summed E-state index contributed by atoms with van der Waals surface area (Å²) in [5.74, 6) is -0.314. The molecule has 5 heteroatoms. The molecule has 1 atom stereocenters. The summed E-state index contributed by atoms with van der Waals surface area (Å²) in [4.78, 5) is 22.4. The lowest BCUT2D eigenvalue weighted by molar-refractivity contribution is -0.124. The Morgan fingerprint density at radius 1 is 1.33 bits per heavy atom. The van der Waals surface area contributed by atoms with Gasteiger partial charge in [0.1, 0.15) is 0 Å². The van der Waals surface area contributed by atoms with Gasteiger partial charge in [0.2, 0.25) is 11.8 Å². The summed E-state index contributed by atoms with van der Waals surface area (Å²) in [5.41, 5.74) is 5.46. The van der Waals surface area contributed by atoms with Crippen LogP contribution in [-0.4, -0.2) is 31.4 Å². The van der Waals surface area contributed by atoms with Crippen LogP contribution in [0.3, 0.4) is 0 Å². The van der Waals surface area contributed by atoms with E-state index in [1.165, 1.54) is 0 Å². The largest absolute Gasteiger partial charge is 0.359 e. The molecule has 0 aromatic carbocycles. The Labute approximate surface area is 90.8 Å². The summed E-state index contributed by atoms with van der Waals surface area (Å²) >= 11 is 0. The lowest BCUT2D eigenvalue weighted by Gasteiger charge is -2.25. The van der Waals surface area contributed by atoms with Crippen molar-refractivity contribution in [1.82, 2.24) is 10.6 Å². The highest BCUT2D eigenvalue weighted by Gasteiger charge is 2.26. The second-order valence-electron chi connectivity index (χ2n) is 4.56. The smallest absolute Gasteiger partial charge is 0.237 e. The van der Waals surface area contributed by atoms with E-state index in [2.05, 4.69) is 10.6 Å². The Bertz CT molecular complexity index is 233. The van der Waals surface area contributed by atoms with Crippen molar-refractivity contribution in [2.45, 2.75) is 33.2 Å². The standard InChI is InChI=1S/C10H21N3O2/c1-10(2,3)8(11)9(15)13-6-5-7(14)12-4/h8H,5-6,11H2,1-4H3,(H,12,14)(H,13,15). The van der Waals surface area contributed by atoms with Crippen LogP contribution in [0.2, 0.25) is 0 Å². The van der Waals surface area contributed by atoms with Gasteiger partial charge in [0.15, 0.2) is 0 Å². The quantitative estimate of drug-likeness (QED) is 0.597. The summed E-state index contributed by atoms with van der Waals surface area (Å²) in [6.45, 7) is 6.02. The number of hydrogen-bond donors (Lipinski definition) is 3. The van der Waals surface area contributed by atoms with Crippen LogP contribution in [0.5, 0.6) is 0 Å². The highest BCUT2D eigenvalue weighted by molar-refractivity contribution is 5.83. The summed E-state index contributed by atoms with van der Waals surface area (Å²) in [6.07, 6.45) is 0.277. The highest BCUT2D eigenvalue weighted by Crippen LogP contribution is 2.16. The van der Waals surface area contributed by atoms with Crippen molar-refractivity contribution in [3.63, 3.8) is 0 Å². The van der Waals surface area contributed by atoms with Crippen LogP contribution in [0.25, 0.3) is 0 Å². The van der Waals surface area contributed by atoms with Crippen molar-refractivity contribution in [3.8, 4) is 0 Å². The molecular formula is C10H21N3O2. The lowest BCUT2D eigenvalue weighted by Crippen LogP contribution is -2.49. The van der Waals surface area contributed by atoms with Gasteiger partial charge in [0, 0.05) is 20.0 Å². The van der Waals surface area contributed by atoms with Crippen LogP contribution < -0.4 is 16.4 Å². The van der Waals surface area contributed by atoms with E-state index >= 15 is 0 Å². The third-order valence-electron chi connectivity index (χ3n) is 2.15. The molecule has 0 saturated carbocycles. The molecule has 0 rings (SSSR count). The molecule has 0 aliphatic carbocycles. The Morgan fingerprint density at radius 3 is 2.27 bits per heavy atom. The first-order chi connectivity index (χ1) is 6.79. The SMILES string of the molecule is CNC(=O)CCNC(=O)C(N)C(C)(C)C. The molecule has 0 aliphatic heterocycles. The number of carbonyl (C=O) groups excluding carboxylic acids is 2. The Morgan fingerprint density at radius 2 is 1.87 bits per heavy atom. The molecule has 1 unspecified atom stereocenters. The van der Waals surface area contributed by atoms with E-state index < -0.39 is 6.04 Å². The molecular weight excluding hydrogens is 194 g/mol. The Hall–Kier alpha value is -1.10. The number of hydrogen-bond acceptors (Lipinski definition) is 3. The van der Waals surface area contributed by atoms with Crippen molar-refractivity contribution in [3.05, 3.63) is 0 Å². The topological polar surface area (TPSA) is 84.2 Å². The molecule has 0 spiro atoms. The second kappa shape index (κ2) is 5.70. The molecule has 0 heterocycles. The first-order valence-electron chi connectivity index (χ1n) is 5.03.